The molecule has 0 spiro atoms. The SMILES string of the molecule is COc1ccc(S(=O)(=O)N2CCN(CCNC(=O)c3ccc(N4C(=O)CCC4=O)cc3)CC2)cc1. The maximum Gasteiger partial charge on any atom is 0.251 e. The van der Waals surface area contributed by atoms with Crippen LogP contribution in [0.15, 0.2) is 53.4 Å². The molecule has 0 aliphatic carbocycles. The molecule has 3 amide bonds. The average Bonchev–Trinajstić information content (AvgIpc) is 3.22. The zero-order valence-corrected chi connectivity index (χ0v) is 20.3. The highest BCUT2D eigenvalue weighted by molar-refractivity contribution is 7.89. The highest BCUT2D eigenvalue weighted by Crippen LogP contribution is 2.23. The number of methoxy groups -OCH3 is 1. The molecule has 2 heterocycles. The van der Waals surface area contributed by atoms with Crippen molar-refractivity contribution in [3.05, 3.63) is 54.1 Å². The van der Waals surface area contributed by atoms with Gasteiger partial charge in [-0.3, -0.25) is 24.2 Å². The van der Waals surface area contributed by atoms with E-state index < -0.39 is 10.0 Å². The quantitative estimate of drug-likeness (QED) is 0.539. The Morgan fingerprint density at radius 2 is 1.51 bits per heavy atom. The third-order valence-corrected chi connectivity index (χ3v) is 8.09. The molecule has 2 aromatic carbocycles. The molecule has 1 N–H and O–H groups in total. The molecule has 2 fully saturated rings. The van der Waals surface area contributed by atoms with E-state index >= 15 is 0 Å². The molecule has 2 aliphatic heterocycles. The van der Waals surface area contributed by atoms with Gasteiger partial charge in [-0.2, -0.15) is 4.31 Å². The minimum absolute atomic E-state index is 0.211. The molecule has 2 saturated heterocycles. The topological polar surface area (TPSA) is 116 Å². The molecule has 2 aromatic rings. The summed E-state index contributed by atoms with van der Waals surface area (Å²) in [5, 5.41) is 2.86. The van der Waals surface area contributed by atoms with E-state index in [-0.39, 0.29) is 35.5 Å². The molecule has 0 saturated carbocycles. The van der Waals surface area contributed by atoms with E-state index in [1.807, 2.05) is 0 Å². The summed E-state index contributed by atoms with van der Waals surface area (Å²) in [5.41, 5.74) is 0.903. The number of nitrogens with zero attached hydrogens (tertiary/aromatic N) is 3. The normalized spacial score (nSPS) is 17.6. The van der Waals surface area contributed by atoms with Gasteiger partial charge in [-0.05, 0) is 48.5 Å². The maximum atomic E-state index is 12.9. The number of benzene rings is 2. The molecule has 0 radical (unpaired) electrons. The fourth-order valence-corrected chi connectivity index (χ4v) is 5.57. The van der Waals surface area contributed by atoms with E-state index in [2.05, 4.69) is 10.2 Å². The number of hydrogen-bond acceptors (Lipinski definition) is 7. The van der Waals surface area contributed by atoms with Crippen molar-refractivity contribution in [2.75, 3.05) is 51.3 Å². The van der Waals surface area contributed by atoms with E-state index in [0.29, 0.717) is 56.3 Å². The van der Waals surface area contributed by atoms with Crippen molar-refractivity contribution in [2.24, 2.45) is 0 Å². The summed E-state index contributed by atoms with van der Waals surface area (Å²) in [5.74, 6) is -0.118. The second-order valence-corrected chi connectivity index (χ2v) is 10.3. The van der Waals surface area contributed by atoms with Gasteiger partial charge >= 0.3 is 0 Å². The number of ether oxygens (including phenoxy) is 1. The van der Waals surface area contributed by atoms with Gasteiger partial charge in [0.1, 0.15) is 5.75 Å². The van der Waals surface area contributed by atoms with Crippen molar-refractivity contribution in [3.8, 4) is 5.75 Å². The number of anilines is 1. The monoisotopic (exact) mass is 500 g/mol. The zero-order valence-electron chi connectivity index (χ0n) is 19.5. The summed E-state index contributed by atoms with van der Waals surface area (Å²) in [6, 6.07) is 12.7. The van der Waals surface area contributed by atoms with Crippen LogP contribution < -0.4 is 15.0 Å². The Bertz CT molecular complexity index is 1170. The molecule has 4 rings (SSSR count). The minimum Gasteiger partial charge on any atom is -0.497 e. The van der Waals surface area contributed by atoms with Crippen LogP contribution in [-0.2, 0) is 19.6 Å². The summed E-state index contributed by atoms with van der Waals surface area (Å²) in [6.45, 7) is 2.89. The van der Waals surface area contributed by atoms with Gasteiger partial charge in [0.15, 0.2) is 0 Å². The Balaban J connectivity index is 1.23. The van der Waals surface area contributed by atoms with Crippen LogP contribution in [0.5, 0.6) is 5.75 Å². The second-order valence-electron chi connectivity index (χ2n) is 8.35. The Labute approximate surface area is 204 Å². The number of hydrogen-bond donors (Lipinski definition) is 1. The number of rotatable bonds is 8. The molecule has 2 aliphatic rings. The summed E-state index contributed by atoms with van der Waals surface area (Å²) in [6.07, 6.45) is 0.422. The highest BCUT2D eigenvalue weighted by atomic mass is 32.2. The van der Waals surface area contributed by atoms with Gasteiger partial charge in [-0.15, -0.1) is 0 Å². The molecule has 186 valence electrons. The van der Waals surface area contributed by atoms with Crippen LogP contribution in [0, 0.1) is 0 Å². The largest absolute Gasteiger partial charge is 0.497 e. The third-order valence-electron chi connectivity index (χ3n) is 6.18. The van der Waals surface area contributed by atoms with Crippen LogP contribution in [0.1, 0.15) is 23.2 Å². The molecule has 11 heteroatoms. The van der Waals surface area contributed by atoms with Crippen molar-refractivity contribution in [2.45, 2.75) is 17.7 Å². The first-order valence-electron chi connectivity index (χ1n) is 11.4. The molecule has 0 bridgehead atoms. The smallest absolute Gasteiger partial charge is 0.251 e. The molecular formula is C24H28N4O6S. The van der Waals surface area contributed by atoms with Crippen LogP contribution in [0.3, 0.4) is 0 Å². The second kappa shape index (κ2) is 10.5. The molecular weight excluding hydrogens is 472 g/mol. The Morgan fingerprint density at radius 1 is 0.914 bits per heavy atom. The first kappa shape index (κ1) is 24.8. The van der Waals surface area contributed by atoms with Crippen molar-refractivity contribution < 1.29 is 27.5 Å². The standard InChI is InChI=1S/C24H28N4O6S/c1-34-20-6-8-21(9-7-20)35(32,33)27-16-14-26(15-17-27)13-12-25-24(31)18-2-4-19(5-3-18)28-22(29)10-11-23(28)30/h2-9H,10-17H2,1H3,(H,25,31). The van der Waals surface area contributed by atoms with E-state index in [1.165, 1.54) is 11.4 Å². The van der Waals surface area contributed by atoms with Gasteiger partial charge < -0.3 is 10.1 Å². The van der Waals surface area contributed by atoms with Gasteiger partial charge in [0.05, 0.1) is 17.7 Å². The van der Waals surface area contributed by atoms with E-state index in [9.17, 15) is 22.8 Å². The molecule has 0 aromatic heterocycles. The predicted molar refractivity (Wildman–Crippen MR) is 129 cm³/mol. The lowest BCUT2D eigenvalue weighted by molar-refractivity contribution is -0.121. The number of amides is 3. The zero-order chi connectivity index (χ0) is 25.0. The van der Waals surface area contributed by atoms with Crippen LogP contribution >= 0.6 is 0 Å². The van der Waals surface area contributed by atoms with Crippen LogP contribution in [0.25, 0.3) is 0 Å². The number of nitrogens with one attached hydrogen (secondary N) is 1. The summed E-state index contributed by atoms with van der Waals surface area (Å²) in [4.78, 5) is 39.6. The van der Waals surface area contributed by atoms with Crippen LogP contribution in [0.4, 0.5) is 5.69 Å². The molecule has 10 nitrogen and oxygen atoms in total. The Kier molecular flexibility index (Phi) is 7.48. The Morgan fingerprint density at radius 3 is 2.09 bits per heavy atom. The van der Waals surface area contributed by atoms with Gasteiger partial charge in [0.25, 0.3) is 5.91 Å². The van der Waals surface area contributed by atoms with Gasteiger partial charge in [-0.25, -0.2) is 8.42 Å². The fourth-order valence-electron chi connectivity index (χ4n) is 4.15. The van der Waals surface area contributed by atoms with Gasteiger partial charge in [0, 0.05) is 57.7 Å². The van der Waals surface area contributed by atoms with Crippen LogP contribution in [0.2, 0.25) is 0 Å². The number of imide groups is 1. The van der Waals surface area contributed by atoms with Crippen LogP contribution in [-0.4, -0.2) is 81.7 Å². The number of carbonyl (C=O) groups excluding carboxylic acids is 3. The van der Waals surface area contributed by atoms with Crippen molar-refractivity contribution in [3.63, 3.8) is 0 Å². The molecule has 0 unspecified atom stereocenters. The van der Waals surface area contributed by atoms with Gasteiger partial charge in [0.2, 0.25) is 21.8 Å². The van der Waals surface area contributed by atoms with E-state index in [0.717, 1.165) is 4.90 Å². The summed E-state index contributed by atoms with van der Waals surface area (Å²) in [7, 11) is -2.03. The van der Waals surface area contributed by atoms with Crippen molar-refractivity contribution in [1.29, 1.82) is 0 Å². The number of piperazine rings is 1. The lowest BCUT2D eigenvalue weighted by atomic mass is 10.2. The third kappa shape index (κ3) is 5.53. The molecule has 0 atom stereocenters. The maximum absolute atomic E-state index is 12.9. The van der Waals surface area contributed by atoms with Crippen molar-refractivity contribution >= 4 is 33.4 Å². The predicted octanol–water partition coefficient (Wildman–Crippen LogP) is 1.08. The Hall–Kier alpha value is -3.28. The average molecular weight is 501 g/mol. The number of sulfonamides is 1. The first-order chi connectivity index (χ1) is 16.8. The van der Waals surface area contributed by atoms with Crippen molar-refractivity contribution in [1.82, 2.24) is 14.5 Å². The first-order valence-corrected chi connectivity index (χ1v) is 12.8. The lowest BCUT2D eigenvalue weighted by Gasteiger charge is -2.34. The minimum atomic E-state index is -3.56. The summed E-state index contributed by atoms with van der Waals surface area (Å²) < 4.78 is 32.3. The van der Waals surface area contributed by atoms with E-state index in [1.54, 1.807) is 48.5 Å². The highest BCUT2D eigenvalue weighted by Gasteiger charge is 2.30. The molecule has 35 heavy (non-hydrogen) atoms. The lowest BCUT2D eigenvalue weighted by Crippen LogP contribution is -2.50. The van der Waals surface area contributed by atoms with E-state index in [4.69, 9.17) is 4.74 Å². The fraction of sp³-hybridized carbons (Fsp3) is 0.375. The van der Waals surface area contributed by atoms with Gasteiger partial charge in [-0.1, -0.05) is 0 Å². The summed E-state index contributed by atoms with van der Waals surface area (Å²) >= 11 is 0. The number of carbonyl (C=O) groups is 3.